The number of carbonyl (C=O) groups excluding carboxylic acids is 1. The van der Waals surface area contributed by atoms with E-state index >= 15 is 0 Å². The Morgan fingerprint density at radius 1 is 1.00 bits per heavy atom. The highest BCUT2D eigenvalue weighted by molar-refractivity contribution is 5.80. The Bertz CT molecular complexity index is 830. The molecule has 0 bridgehead atoms. The Morgan fingerprint density at radius 3 is 2.25 bits per heavy atom. The number of nitrogens with zero attached hydrogens (tertiary/aromatic N) is 4. The molecule has 0 amide bonds. The van der Waals surface area contributed by atoms with Crippen molar-refractivity contribution in [2.24, 2.45) is 0 Å². The van der Waals surface area contributed by atoms with Crippen LogP contribution >= 0.6 is 0 Å². The predicted octanol–water partition coefficient (Wildman–Crippen LogP) is 4.51. The van der Waals surface area contributed by atoms with Crippen molar-refractivity contribution in [2.75, 3.05) is 0 Å². The van der Waals surface area contributed by atoms with Gasteiger partial charge in [-0.1, -0.05) is 58.0 Å². The molecule has 124 valence electrons. The first-order valence-corrected chi connectivity index (χ1v) is 8.23. The van der Waals surface area contributed by atoms with Crippen LogP contribution in [0.25, 0.3) is 11.3 Å². The molecule has 0 atom stereocenters. The molecule has 24 heavy (non-hydrogen) atoms. The van der Waals surface area contributed by atoms with Crippen LogP contribution in [-0.4, -0.2) is 25.6 Å². The van der Waals surface area contributed by atoms with Crippen molar-refractivity contribution in [3.8, 4) is 11.3 Å². The molecule has 0 radical (unpaired) electrons. The van der Waals surface area contributed by atoms with Gasteiger partial charge in [0.15, 0.2) is 0 Å². The van der Waals surface area contributed by atoms with Gasteiger partial charge >= 0.3 is 6.03 Å². The number of rotatable bonds is 3. The van der Waals surface area contributed by atoms with E-state index in [9.17, 15) is 4.79 Å². The van der Waals surface area contributed by atoms with E-state index in [2.05, 4.69) is 37.9 Å². The number of hydrogen-bond acceptors (Lipinski definition) is 3. The Labute approximate surface area is 141 Å². The van der Waals surface area contributed by atoms with E-state index in [1.807, 2.05) is 30.3 Å². The van der Waals surface area contributed by atoms with E-state index in [-0.39, 0.29) is 17.9 Å². The molecular formula is C19H22N4O. The molecule has 0 aliphatic carbocycles. The van der Waals surface area contributed by atoms with Crippen LogP contribution in [0.15, 0.2) is 48.8 Å². The van der Waals surface area contributed by atoms with Crippen molar-refractivity contribution in [2.45, 2.75) is 39.5 Å². The molecule has 3 rings (SSSR count). The molecule has 0 unspecified atom stereocenters. The summed E-state index contributed by atoms with van der Waals surface area (Å²) in [5.41, 5.74) is 3.96. The van der Waals surface area contributed by atoms with Crippen LogP contribution in [-0.2, 0) is 0 Å². The molecule has 0 aliphatic rings. The summed E-state index contributed by atoms with van der Waals surface area (Å²) in [4.78, 5) is 12.9. The minimum absolute atomic E-state index is 0.173. The standard InChI is InChI=1S/C19H22N4O/c1-13(2)16-17(15-9-6-5-7-10-15)21-23(18(16)14(3)4)19(24)22-12-8-11-20-22/h5-14H,1-4H3. The summed E-state index contributed by atoms with van der Waals surface area (Å²) in [5, 5.41) is 8.74. The maximum absolute atomic E-state index is 12.9. The molecular weight excluding hydrogens is 300 g/mol. The first-order chi connectivity index (χ1) is 11.5. The third kappa shape index (κ3) is 2.77. The van der Waals surface area contributed by atoms with Gasteiger partial charge < -0.3 is 0 Å². The van der Waals surface area contributed by atoms with Gasteiger partial charge in [0.2, 0.25) is 0 Å². The lowest BCUT2D eigenvalue weighted by Gasteiger charge is -2.14. The normalized spacial score (nSPS) is 11.4. The van der Waals surface area contributed by atoms with Gasteiger partial charge in [0.05, 0.1) is 11.4 Å². The monoisotopic (exact) mass is 322 g/mol. The summed E-state index contributed by atoms with van der Waals surface area (Å²) in [5.74, 6) is 0.434. The van der Waals surface area contributed by atoms with Gasteiger partial charge in [-0.2, -0.15) is 19.6 Å². The molecule has 2 aromatic heterocycles. The molecule has 5 heteroatoms. The van der Waals surface area contributed by atoms with Gasteiger partial charge in [-0.3, -0.25) is 0 Å². The van der Waals surface area contributed by atoms with E-state index in [1.54, 1.807) is 18.5 Å². The van der Waals surface area contributed by atoms with E-state index in [0.29, 0.717) is 0 Å². The molecule has 0 saturated heterocycles. The second-order valence-electron chi connectivity index (χ2n) is 6.47. The predicted molar refractivity (Wildman–Crippen MR) is 94.3 cm³/mol. The summed E-state index contributed by atoms with van der Waals surface area (Å²) in [6, 6.07) is 11.5. The minimum Gasteiger partial charge on any atom is -0.244 e. The highest BCUT2D eigenvalue weighted by atomic mass is 16.2. The molecule has 0 N–H and O–H groups in total. The molecule has 1 aromatic carbocycles. The smallest absolute Gasteiger partial charge is 0.244 e. The van der Waals surface area contributed by atoms with Crippen molar-refractivity contribution in [3.63, 3.8) is 0 Å². The molecule has 0 fully saturated rings. The van der Waals surface area contributed by atoms with Crippen molar-refractivity contribution < 1.29 is 4.79 Å². The van der Waals surface area contributed by atoms with E-state index in [1.165, 1.54) is 9.36 Å². The molecule has 0 saturated carbocycles. The van der Waals surface area contributed by atoms with Crippen LogP contribution in [0, 0.1) is 0 Å². The SMILES string of the molecule is CC(C)c1c(-c2ccccc2)nn(C(=O)n2cccn2)c1C(C)C. The second-order valence-corrected chi connectivity index (χ2v) is 6.47. The molecule has 2 heterocycles. The molecule has 0 spiro atoms. The van der Waals surface area contributed by atoms with Gasteiger partial charge in [-0.15, -0.1) is 0 Å². The van der Waals surface area contributed by atoms with E-state index in [4.69, 9.17) is 0 Å². The lowest BCUT2D eigenvalue weighted by atomic mass is 9.92. The highest BCUT2D eigenvalue weighted by Crippen LogP contribution is 2.35. The summed E-state index contributed by atoms with van der Waals surface area (Å²) in [7, 11) is 0. The Balaban J connectivity index is 2.24. The third-order valence-electron chi connectivity index (χ3n) is 4.01. The zero-order valence-electron chi connectivity index (χ0n) is 14.5. The zero-order chi connectivity index (χ0) is 17.3. The number of aromatic nitrogens is 4. The van der Waals surface area contributed by atoms with Crippen molar-refractivity contribution in [1.82, 2.24) is 19.6 Å². The van der Waals surface area contributed by atoms with Crippen molar-refractivity contribution in [1.29, 1.82) is 0 Å². The van der Waals surface area contributed by atoms with Crippen LogP contribution in [0.1, 0.15) is 50.8 Å². The van der Waals surface area contributed by atoms with Gasteiger partial charge in [-0.25, -0.2) is 4.79 Å². The quantitative estimate of drug-likeness (QED) is 0.713. The Hall–Kier alpha value is -2.69. The fourth-order valence-electron chi connectivity index (χ4n) is 3.00. The Morgan fingerprint density at radius 2 is 1.71 bits per heavy atom. The van der Waals surface area contributed by atoms with Gasteiger partial charge in [0.1, 0.15) is 0 Å². The lowest BCUT2D eigenvalue weighted by molar-refractivity contribution is 0.237. The first kappa shape index (κ1) is 16.2. The molecule has 5 nitrogen and oxygen atoms in total. The lowest BCUT2D eigenvalue weighted by Crippen LogP contribution is -2.24. The largest absolute Gasteiger partial charge is 0.369 e. The van der Waals surface area contributed by atoms with Crippen LogP contribution in [0.5, 0.6) is 0 Å². The van der Waals surface area contributed by atoms with Gasteiger partial charge in [-0.05, 0) is 17.9 Å². The number of benzene rings is 1. The summed E-state index contributed by atoms with van der Waals surface area (Å²) >= 11 is 0. The fourth-order valence-corrected chi connectivity index (χ4v) is 3.00. The molecule has 3 aromatic rings. The second kappa shape index (κ2) is 6.43. The van der Waals surface area contributed by atoms with Crippen LogP contribution < -0.4 is 0 Å². The van der Waals surface area contributed by atoms with Gasteiger partial charge in [0, 0.05) is 23.5 Å². The summed E-state index contributed by atoms with van der Waals surface area (Å²) in [6.45, 7) is 8.45. The minimum atomic E-state index is -0.257. The number of hydrogen-bond donors (Lipinski definition) is 0. The molecule has 0 aliphatic heterocycles. The van der Waals surface area contributed by atoms with Crippen molar-refractivity contribution >= 4 is 6.03 Å². The third-order valence-corrected chi connectivity index (χ3v) is 4.01. The summed E-state index contributed by atoms with van der Waals surface area (Å²) in [6.07, 6.45) is 3.24. The highest BCUT2D eigenvalue weighted by Gasteiger charge is 2.26. The van der Waals surface area contributed by atoms with Crippen molar-refractivity contribution in [3.05, 3.63) is 60.0 Å². The van der Waals surface area contributed by atoms with E-state index < -0.39 is 0 Å². The topological polar surface area (TPSA) is 52.7 Å². The number of carbonyl (C=O) groups is 1. The zero-order valence-corrected chi connectivity index (χ0v) is 14.5. The fraction of sp³-hybridized carbons (Fsp3) is 0.316. The van der Waals surface area contributed by atoms with E-state index in [0.717, 1.165) is 22.5 Å². The first-order valence-electron chi connectivity index (χ1n) is 8.23. The van der Waals surface area contributed by atoms with Crippen LogP contribution in [0.3, 0.4) is 0 Å². The summed E-state index contributed by atoms with van der Waals surface area (Å²) < 4.78 is 2.83. The van der Waals surface area contributed by atoms with Crippen LogP contribution in [0.4, 0.5) is 4.79 Å². The maximum atomic E-state index is 12.9. The average Bonchev–Trinajstić information content (AvgIpc) is 3.22. The van der Waals surface area contributed by atoms with Gasteiger partial charge in [0.25, 0.3) is 0 Å². The average molecular weight is 322 g/mol. The maximum Gasteiger partial charge on any atom is 0.369 e. The van der Waals surface area contributed by atoms with Crippen LogP contribution in [0.2, 0.25) is 0 Å². The Kier molecular flexibility index (Phi) is 4.34.